The molecular weight excluding hydrogens is 371 g/mol. The van der Waals surface area contributed by atoms with Crippen molar-refractivity contribution in [3.05, 3.63) is 35.2 Å². The molecule has 1 aliphatic heterocycles. The van der Waals surface area contributed by atoms with Gasteiger partial charge in [-0.15, -0.1) is 11.3 Å². The molecule has 2 aromatic rings. The zero-order chi connectivity index (χ0) is 17.9. The quantitative estimate of drug-likeness (QED) is 0.837. The Morgan fingerprint density at radius 3 is 2.88 bits per heavy atom. The molecule has 1 amide bonds. The molecule has 1 aliphatic rings. The number of hydrogen-bond acceptors (Lipinski definition) is 5. The van der Waals surface area contributed by atoms with Crippen LogP contribution in [0.5, 0.6) is 0 Å². The summed E-state index contributed by atoms with van der Waals surface area (Å²) < 4.78 is 39.3. The van der Waals surface area contributed by atoms with E-state index in [0.717, 1.165) is 35.5 Å². The van der Waals surface area contributed by atoms with Crippen molar-refractivity contribution in [2.24, 2.45) is 0 Å². The molecule has 1 aromatic carbocycles. The number of hydrogen-bond donors (Lipinski definition) is 2. The Morgan fingerprint density at radius 2 is 2.16 bits per heavy atom. The number of carbonyl (C=O) groups excluding carboxylic acids is 1. The van der Waals surface area contributed by atoms with E-state index in [9.17, 15) is 18.0 Å². The highest BCUT2D eigenvalue weighted by atomic mass is 32.2. The van der Waals surface area contributed by atoms with Gasteiger partial charge in [-0.1, -0.05) is 18.2 Å². The van der Waals surface area contributed by atoms with Gasteiger partial charge in [0.15, 0.2) is 5.13 Å². The third-order valence-corrected chi connectivity index (χ3v) is 5.58. The average molecular weight is 387 g/mol. The smallest absolute Gasteiger partial charge is 0.312 e. The highest BCUT2D eigenvalue weighted by Gasteiger charge is 2.33. The third kappa shape index (κ3) is 4.74. The number of thiazole rings is 1. The fourth-order valence-corrected chi connectivity index (χ4v) is 4.23. The standard InChI is InChI=1S/C16H16F3N3OS2/c17-16(18,19)12-4-2-1-3-11(12)13-9-25-15(21-13)22-14(23)7-10-8-24-6-5-20-10/h1-4,9-10,20H,5-8H2,(H,21,22,23). The van der Waals surface area contributed by atoms with Crippen molar-refractivity contribution in [1.29, 1.82) is 0 Å². The van der Waals surface area contributed by atoms with Gasteiger partial charge in [0.1, 0.15) is 0 Å². The highest BCUT2D eigenvalue weighted by Crippen LogP contribution is 2.37. The number of anilines is 1. The van der Waals surface area contributed by atoms with Gasteiger partial charge >= 0.3 is 6.18 Å². The molecular formula is C16H16F3N3OS2. The van der Waals surface area contributed by atoms with Crippen molar-refractivity contribution in [1.82, 2.24) is 10.3 Å². The Hall–Kier alpha value is -1.58. The van der Waals surface area contributed by atoms with Crippen LogP contribution in [0.2, 0.25) is 0 Å². The average Bonchev–Trinajstić information content (AvgIpc) is 3.03. The van der Waals surface area contributed by atoms with Crippen molar-refractivity contribution >= 4 is 34.1 Å². The first kappa shape index (κ1) is 18.2. The molecule has 1 aromatic heterocycles. The molecule has 4 nitrogen and oxygen atoms in total. The summed E-state index contributed by atoms with van der Waals surface area (Å²) in [7, 11) is 0. The number of nitrogens with one attached hydrogen (secondary N) is 2. The number of benzene rings is 1. The predicted octanol–water partition coefficient (Wildman–Crippen LogP) is 3.86. The van der Waals surface area contributed by atoms with Crippen LogP contribution in [0.4, 0.5) is 18.3 Å². The van der Waals surface area contributed by atoms with Gasteiger partial charge in [-0.05, 0) is 6.07 Å². The number of carbonyl (C=O) groups is 1. The van der Waals surface area contributed by atoms with Crippen LogP contribution in [-0.4, -0.2) is 35.0 Å². The molecule has 9 heteroatoms. The van der Waals surface area contributed by atoms with Crippen LogP contribution in [-0.2, 0) is 11.0 Å². The first-order valence-electron chi connectivity index (χ1n) is 7.66. The lowest BCUT2D eigenvalue weighted by atomic mass is 10.1. The summed E-state index contributed by atoms with van der Waals surface area (Å²) in [6.45, 7) is 0.873. The van der Waals surface area contributed by atoms with Gasteiger partial charge in [0, 0.05) is 41.5 Å². The molecule has 1 atom stereocenters. The normalized spacial score (nSPS) is 18.1. The van der Waals surface area contributed by atoms with Crippen molar-refractivity contribution < 1.29 is 18.0 Å². The van der Waals surface area contributed by atoms with Gasteiger partial charge in [-0.2, -0.15) is 24.9 Å². The molecule has 3 rings (SSSR count). The van der Waals surface area contributed by atoms with Gasteiger partial charge in [-0.3, -0.25) is 4.79 Å². The number of rotatable bonds is 4. The topological polar surface area (TPSA) is 54.0 Å². The predicted molar refractivity (Wildman–Crippen MR) is 94.9 cm³/mol. The van der Waals surface area contributed by atoms with Crippen molar-refractivity contribution in [3.8, 4) is 11.3 Å². The number of amides is 1. The second kappa shape index (κ2) is 7.76. The van der Waals surface area contributed by atoms with E-state index in [0.29, 0.717) is 11.6 Å². The molecule has 2 N–H and O–H groups in total. The summed E-state index contributed by atoms with van der Waals surface area (Å²) in [6, 6.07) is 5.40. The highest BCUT2D eigenvalue weighted by molar-refractivity contribution is 7.99. The van der Waals surface area contributed by atoms with Crippen LogP contribution >= 0.6 is 23.1 Å². The van der Waals surface area contributed by atoms with E-state index in [4.69, 9.17) is 0 Å². The molecule has 1 saturated heterocycles. The molecule has 1 fully saturated rings. The van der Waals surface area contributed by atoms with E-state index < -0.39 is 11.7 Å². The number of alkyl halides is 3. The Kier molecular flexibility index (Phi) is 5.65. The number of thioether (sulfide) groups is 1. The Bertz CT molecular complexity index is 742. The largest absolute Gasteiger partial charge is 0.417 e. The number of aromatic nitrogens is 1. The van der Waals surface area contributed by atoms with Crippen LogP contribution < -0.4 is 10.6 Å². The van der Waals surface area contributed by atoms with E-state index in [1.54, 1.807) is 11.8 Å². The fraction of sp³-hybridized carbons (Fsp3) is 0.375. The van der Waals surface area contributed by atoms with E-state index in [-0.39, 0.29) is 23.2 Å². The minimum absolute atomic E-state index is 0.0112. The SMILES string of the molecule is O=C(CC1CSCCN1)Nc1nc(-c2ccccc2C(F)(F)F)cs1. The molecule has 1 unspecified atom stereocenters. The van der Waals surface area contributed by atoms with Gasteiger partial charge in [-0.25, -0.2) is 4.98 Å². The summed E-state index contributed by atoms with van der Waals surface area (Å²) in [5.74, 6) is 1.72. The summed E-state index contributed by atoms with van der Waals surface area (Å²) in [4.78, 5) is 16.2. The molecule has 2 heterocycles. The molecule has 0 aliphatic carbocycles. The molecule has 25 heavy (non-hydrogen) atoms. The molecule has 0 saturated carbocycles. The summed E-state index contributed by atoms with van der Waals surface area (Å²) in [6.07, 6.45) is -4.13. The lowest BCUT2D eigenvalue weighted by Crippen LogP contribution is -2.39. The second-order valence-corrected chi connectivity index (χ2v) is 7.57. The van der Waals surface area contributed by atoms with Crippen LogP contribution in [0, 0.1) is 0 Å². The second-order valence-electron chi connectivity index (χ2n) is 5.56. The summed E-state index contributed by atoms with van der Waals surface area (Å²) in [5, 5.41) is 7.77. The lowest BCUT2D eigenvalue weighted by Gasteiger charge is -2.22. The first-order chi connectivity index (χ1) is 11.9. The fourth-order valence-electron chi connectivity index (χ4n) is 2.55. The number of halogens is 3. The van der Waals surface area contributed by atoms with Crippen molar-refractivity contribution in [2.75, 3.05) is 23.4 Å². The molecule has 0 radical (unpaired) electrons. The number of nitrogens with zero attached hydrogens (tertiary/aromatic N) is 1. The van der Waals surface area contributed by atoms with Gasteiger partial charge in [0.2, 0.25) is 5.91 Å². The first-order valence-corrected chi connectivity index (χ1v) is 9.70. The van der Waals surface area contributed by atoms with Gasteiger partial charge in [0.25, 0.3) is 0 Å². The Labute approximate surface area is 151 Å². The van der Waals surface area contributed by atoms with Crippen LogP contribution in [0.3, 0.4) is 0 Å². The van der Waals surface area contributed by atoms with Gasteiger partial charge in [0.05, 0.1) is 11.3 Å². The zero-order valence-corrected chi connectivity index (χ0v) is 14.7. The van der Waals surface area contributed by atoms with E-state index in [1.165, 1.54) is 23.6 Å². The summed E-state index contributed by atoms with van der Waals surface area (Å²) >= 11 is 2.91. The van der Waals surface area contributed by atoms with Crippen LogP contribution in [0.1, 0.15) is 12.0 Å². The maximum absolute atomic E-state index is 13.1. The Balaban J connectivity index is 1.70. The third-order valence-electron chi connectivity index (χ3n) is 3.69. The van der Waals surface area contributed by atoms with Crippen LogP contribution in [0.15, 0.2) is 29.6 Å². The maximum Gasteiger partial charge on any atom is 0.417 e. The maximum atomic E-state index is 13.1. The van der Waals surface area contributed by atoms with Gasteiger partial charge < -0.3 is 10.6 Å². The molecule has 134 valence electrons. The van der Waals surface area contributed by atoms with Crippen LogP contribution in [0.25, 0.3) is 11.3 Å². The Morgan fingerprint density at radius 1 is 1.36 bits per heavy atom. The van der Waals surface area contributed by atoms with E-state index in [1.807, 2.05) is 0 Å². The zero-order valence-electron chi connectivity index (χ0n) is 13.1. The molecule has 0 spiro atoms. The summed E-state index contributed by atoms with van der Waals surface area (Å²) in [5.41, 5.74) is -0.515. The minimum atomic E-state index is -4.45. The van der Waals surface area contributed by atoms with Crippen molar-refractivity contribution in [3.63, 3.8) is 0 Å². The van der Waals surface area contributed by atoms with E-state index in [2.05, 4.69) is 15.6 Å². The minimum Gasteiger partial charge on any atom is -0.312 e. The monoisotopic (exact) mass is 387 g/mol. The molecule has 0 bridgehead atoms. The van der Waals surface area contributed by atoms with E-state index >= 15 is 0 Å². The lowest BCUT2D eigenvalue weighted by molar-refractivity contribution is -0.137. The van der Waals surface area contributed by atoms with Crippen molar-refractivity contribution in [2.45, 2.75) is 18.6 Å².